The van der Waals surface area contributed by atoms with Gasteiger partial charge in [0.15, 0.2) is 5.11 Å². The molecule has 110 valence electrons. The van der Waals surface area contributed by atoms with Crippen molar-refractivity contribution in [2.24, 2.45) is 5.73 Å². The smallest absolute Gasteiger partial charge is 0.240 e. The van der Waals surface area contributed by atoms with E-state index >= 15 is 0 Å². The molecule has 8 heteroatoms. The fourth-order valence-electron chi connectivity index (χ4n) is 1.95. The molecular formula is C12H17N3O3S2. The summed E-state index contributed by atoms with van der Waals surface area (Å²) in [6.07, 6.45) is 1.84. The molecule has 0 saturated carbocycles. The van der Waals surface area contributed by atoms with Crippen LogP contribution in [0.25, 0.3) is 0 Å². The first-order valence-corrected chi connectivity index (χ1v) is 8.14. The lowest BCUT2D eigenvalue weighted by Crippen LogP contribution is -2.31. The Kier molecular flexibility index (Phi) is 4.92. The fraction of sp³-hybridized carbons (Fsp3) is 0.417. The largest absolute Gasteiger partial charge is 0.377 e. The molecule has 4 N–H and O–H groups in total. The van der Waals surface area contributed by atoms with Crippen LogP contribution in [0.3, 0.4) is 0 Å². The molecule has 1 unspecified atom stereocenters. The minimum Gasteiger partial charge on any atom is -0.377 e. The molecule has 0 spiro atoms. The van der Waals surface area contributed by atoms with Gasteiger partial charge >= 0.3 is 0 Å². The Labute approximate surface area is 123 Å². The number of nitrogens with two attached hydrogens (primary N) is 1. The van der Waals surface area contributed by atoms with Gasteiger partial charge in [-0.1, -0.05) is 0 Å². The molecule has 1 aliphatic rings. The molecule has 1 saturated heterocycles. The van der Waals surface area contributed by atoms with Crippen molar-refractivity contribution in [1.29, 1.82) is 0 Å². The molecule has 1 aromatic rings. The number of nitrogens with one attached hydrogen (secondary N) is 2. The second kappa shape index (κ2) is 6.49. The van der Waals surface area contributed by atoms with Crippen molar-refractivity contribution in [3.63, 3.8) is 0 Å². The van der Waals surface area contributed by atoms with Crippen LogP contribution in [0.15, 0.2) is 29.2 Å². The Hall–Kier alpha value is -1.22. The third kappa shape index (κ3) is 4.14. The van der Waals surface area contributed by atoms with Crippen LogP contribution in [0, 0.1) is 0 Å². The van der Waals surface area contributed by atoms with Gasteiger partial charge in [-0.2, -0.15) is 0 Å². The highest BCUT2D eigenvalue weighted by Crippen LogP contribution is 2.15. The van der Waals surface area contributed by atoms with E-state index in [-0.39, 0.29) is 16.1 Å². The Balaban J connectivity index is 1.99. The van der Waals surface area contributed by atoms with Crippen molar-refractivity contribution in [3.05, 3.63) is 24.3 Å². The van der Waals surface area contributed by atoms with E-state index in [2.05, 4.69) is 10.0 Å². The highest BCUT2D eigenvalue weighted by Gasteiger charge is 2.20. The minimum absolute atomic E-state index is 0.0275. The van der Waals surface area contributed by atoms with Crippen LogP contribution in [0.1, 0.15) is 12.8 Å². The first kappa shape index (κ1) is 15.2. The van der Waals surface area contributed by atoms with Crippen LogP contribution in [0.5, 0.6) is 0 Å². The quantitative estimate of drug-likeness (QED) is 0.696. The van der Waals surface area contributed by atoms with Gasteiger partial charge in [0.1, 0.15) is 0 Å². The number of anilines is 1. The van der Waals surface area contributed by atoms with Crippen LogP contribution < -0.4 is 15.8 Å². The van der Waals surface area contributed by atoms with Gasteiger partial charge < -0.3 is 15.8 Å². The van der Waals surface area contributed by atoms with Crippen molar-refractivity contribution in [2.45, 2.75) is 23.8 Å². The van der Waals surface area contributed by atoms with Gasteiger partial charge in [-0.3, -0.25) is 0 Å². The predicted molar refractivity (Wildman–Crippen MR) is 81.0 cm³/mol. The summed E-state index contributed by atoms with van der Waals surface area (Å²) in [6.45, 7) is 1.00. The van der Waals surface area contributed by atoms with E-state index in [4.69, 9.17) is 22.7 Å². The standard InChI is InChI=1S/C12H17N3O3S2/c13-12(19)15-9-3-5-11(6-4-9)20(16,17)14-8-10-2-1-7-18-10/h3-6,10,14H,1-2,7-8H2,(H3,13,15,19). The molecule has 1 fully saturated rings. The summed E-state index contributed by atoms with van der Waals surface area (Å²) in [5.74, 6) is 0. The van der Waals surface area contributed by atoms with Crippen molar-refractivity contribution < 1.29 is 13.2 Å². The molecule has 0 bridgehead atoms. The van der Waals surface area contributed by atoms with Crippen molar-refractivity contribution in [3.8, 4) is 0 Å². The van der Waals surface area contributed by atoms with Crippen LogP contribution in [0.2, 0.25) is 0 Å². The number of rotatable bonds is 5. The SMILES string of the molecule is NC(=S)Nc1ccc(S(=O)(=O)NCC2CCCO2)cc1. The fourth-order valence-corrected chi connectivity index (χ4v) is 3.14. The van der Waals surface area contributed by atoms with Gasteiger partial charge in [0, 0.05) is 18.8 Å². The van der Waals surface area contributed by atoms with Gasteiger partial charge in [0.05, 0.1) is 11.0 Å². The van der Waals surface area contributed by atoms with E-state index in [1.54, 1.807) is 12.1 Å². The summed E-state index contributed by atoms with van der Waals surface area (Å²) in [7, 11) is -3.51. The molecule has 0 radical (unpaired) electrons. The van der Waals surface area contributed by atoms with Gasteiger partial charge in [-0.15, -0.1) is 0 Å². The van der Waals surface area contributed by atoms with E-state index in [0.29, 0.717) is 18.8 Å². The molecular weight excluding hydrogens is 298 g/mol. The summed E-state index contributed by atoms with van der Waals surface area (Å²) in [5, 5.41) is 2.87. The Bertz CT molecular complexity index is 566. The number of benzene rings is 1. The number of hydrogen-bond donors (Lipinski definition) is 3. The molecule has 2 rings (SSSR count). The normalized spacial score (nSPS) is 18.9. The highest BCUT2D eigenvalue weighted by atomic mass is 32.2. The maximum Gasteiger partial charge on any atom is 0.240 e. The van der Waals surface area contributed by atoms with E-state index in [0.717, 1.165) is 12.8 Å². The number of sulfonamides is 1. The molecule has 1 aliphatic heterocycles. The summed E-state index contributed by atoms with van der Waals surface area (Å²) < 4.78 is 32.1. The van der Waals surface area contributed by atoms with E-state index in [1.165, 1.54) is 12.1 Å². The number of hydrogen-bond acceptors (Lipinski definition) is 4. The molecule has 20 heavy (non-hydrogen) atoms. The first-order valence-electron chi connectivity index (χ1n) is 6.25. The number of thiocarbonyl (C=S) groups is 1. The summed E-state index contributed by atoms with van der Waals surface area (Å²) in [4.78, 5) is 0.198. The average molecular weight is 315 g/mol. The Morgan fingerprint density at radius 3 is 2.65 bits per heavy atom. The zero-order valence-corrected chi connectivity index (χ0v) is 12.5. The minimum atomic E-state index is -3.51. The Morgan fingerprint density at radius 1 is 1.40 bits per heavy atom. The van der Waals surface area contributed by atoms with Crippen LogP contribution >= 0.6 is 12.2 Å². The number of ether oxygens (including phenoxy) is 1. The maximum absolute atomic E-state index is 12.1. The van der Waals surface area contributed by atoms with Gasteiger partial charge in [-0.25, -0.2) is 13.1 Å². The highest BCUT2D eigenvalue weighted by molar-refractivity contribution is 7.89. The summed E-state index contributed by atoms with van der Waals surface area (Å²) in [6, 6.07) is 6.22. The molecule has 1 aromatic carbocycles. The third-order valence-electron chi connectivity index (χ3n) is 2.96. The van der Waals surface area contributed by atoms with Crippen LogP contribution in [-0.4, -0.2) is 32.8 Å². The topological polar surface area (TPSA) is 93.5 Å². The molecule has 1 atom stereocenters. The maximum atomic E-state index is 12.1. The third-order valence-corrected chi connectivity index (χ3v) is 4.50. The monoisotopic (exact) mass is 315 g/mol. The second-order valence-corrected chi connectivity index (χ2v) is 6.71. The van der Waals surface area contributed by atoms with Crippen molar-refractivity contribution >= 4 is 33.0 Å². The summed E-state index contributed by atoms with van der Waals surface area (Å²) >= 11 is 4.71. The second-order valence-electron chi connectivity index (χ2n) is 4.50. The van der Waals surface area contributed by atoms with Gasteiger partial charge in [-0.05, 0) is 49.3 Å². The molecule has 0 aromatic heterocycles. The molecule has 0 amide bonds. The van der Waals surface area contributed by atoms with E-state index in [9.17, 15) is 8.42 Å². The lowest BCUT2D eigenvalue weighted by atomic mass is 10.2. The molecule has 6 nitrogen and oxygen atoms in total. The predicted octanol–water partition coefficient (Wildman–Crippen LogP) is 0.799. The Morgan fingerprint density at radius 2 is 2.10 bits per heavy atom. The van der Waals surface area contributed by atoms with Crippen LogP contribution in [-0.2, 0) is 14.8 Å². The average Bonchev–Trinajstić information content (AvgIpc) is 2.89. The van der Waals surface area contributed by atoms with Crippen molar-refractivity contribution in [2.75, 3.05) is 18.5 Å². The molecule has 1 heterocycles. The summed E-state index contributed by atoms with van der Waals surface area (Å²) in [5.41, 5.74) is 5.99. The lowest BCUT2D eigenvalue weighted by Gasteiger charge is -2.12. The molecule has 0 aliphatic carbocycles. The first-order chi connectivity index (χ1) is 9.47. The van der Waals surface area contributed by atoms with E-state index in [1.807, 2.05) is 0 Å². The zero-order chi connectivity index (χ0) is 14.6. The van der Waals surface area contributed by atoms with Crippen LogP contribution in [0.4, 0.5) is 5.69 Å². The van der Waals surface area contributed by atoms with Gasteiger partial charge in [0.25, 0.3) is 0 Å². The zero-order valence-electron chi connectivity index (χ0n) is 10.8. The van der Waals surface area contributed by atoms with Crippen molar-refractivity contribution in [1.82, 2.24) is 4.72 Å². The van der Waals surface area contributed by atoms with E-state index < -0.39 is 10.0 Å². The lowest BCUT2D eigenvalue weighted by molar-refractivity contribution is 0.114. The van der Waals surface area contributed by atoms with Gasteiger partial charge in [0.2, 0.25) is 10.0 Å².